The average molecular weight is 368 g/mol. The van der Waals surface area contributed by atoms with Crippen LogP contribution in [0.15, 0.2) is 30.3 Å². The first-order chi connectivity index (χ1) is 11.6. The smallest absolute Gasteiger partial charge is 0.245 e. The number of piperidine rings is 1. The van der Waals surface area contributed by atoms with E-state index in [1.807, 2.05) is 49.2 Å². The standard InChI is InChI=1S/C19H29N3O2.ClH/c1-3-7-17(19(24)22-12-10-16(20-2)11-13-22)21-18(23)14-15-8-5-4-6-9-15;/h4-6,8-9,16-17,20H,3,7,10-14H2,1-2H3,(H,21,23);1H. The molecule has 140 valence electrons. The molecule has 2 N–H and O–H groups in total. The first kappa shape index (κ1) is 21.5. The quantitative estimate of drug-likeness (QED) is 0.776. The molecule has 2 amide bonds. The molecular weight excluding hydrogens is 338 g/mol. The van der Waals surface area contributed by atoms with E-state index in [2.05, 4.69) is 10.6 Å². The molecule has 0 radical (unpaired) electrons. The minimum Gasteiger partial charge on any atom is -0.344 e. The molecule has 25 heavy (non-hydrogen) atoms. The SMILES string of the molecule is CCCC(NC(=O)Cc1ccccc1)C(=O)N1CCC(NC)CC1.Cl. The fourth-order valence-electron chi connectivity index (χ4n) is 3.18. The van der Waals surface area contributed by atoms with Crippen molar-refractivity contribution < 1.29 is 9.59 Å². The van der Waals surface area contributed by atoms with E-state index in [1.54, 1.807) is 0 Å². The molecule has 1 unspecified atom stereocenters. The number of amides is 2. The van der Waals surface area contributed by atoms with Crippen molar-refractivity contribution in [1.82, 2.24) is 15.5 Å². The molecule has 0 saturated carbocycles. The highest BCUT2D eigenvalue weighted by atomic mass is 35.5. The Morgan fingerprint density at radius 2 is 1.84 bits per heavy atom. The lowest BCUT2D eigenvalue weighted by Gasteiger charge is -2.34. The van der Waals surface area contributed by atoms with Gasteiger partial charge in [0.1, 0.15) is 6.04 Å². The molecule has 1 heterocycles. The van der Waals surface area contributed by atoms with Gasteiger partial charge in [-0.3, -0.25) is 9.59 Å². The third-order valence-corrected chi connectivity index (χ3v) is 4.63. The number of nitrogens with zero attached hydrogens (tertiary/aromatic N) is 1. The number of hydrogen-bond acceptors (Lipinski definition) is 3. The normalized spacial score (nSPS) is 16.0. The van der Waals surface area contributed by atoms with Crippen molar-refractivity contribution in [3.05, 3.63) is 35.9 Å². The summed E-state index contributed by atoms with van der Waals surface area (Å²) >= 11 is 0. The van der Waals surface area contributed by atoms with Crippen molar-refractivity contribution in [3.8, 4) is 0 Å². The van der Waals surface area contributed by atoms with E-state index in [-0.39, 0.29) is 24.2 Å². The van der Waals surface area contributed by atoms with Gasteiger partial charge in [0, 0.05) is 19.1 Å². The number of halogens is 1. The van der Waals surface area contributed by atoms with Crippen LogP contribution < -0.4 is 10.6 Å². The van der Waals surface area contributed by atoms with E-state index in [4.69, 9.17) is 0 Å². The summed E-state index contributed by atoms with van der Waals surface area (Å²) in [7, 11) is 1.96. The van der Waals surface area contributed by atoms with Crippen molar-refractivity contribution in [2.24, 2.45) is 0 Å². The molecule has 1 saturated heterocycles. The molecule has 5 nitrogen and oxygen atoms in total. The van der Waals surface area contributed by atoms with E-state index in [1.165, 1.54) is 0 Å². The largest absolute Gasteiger partial charge is 0.344 e. The van der Waals surface area contributed by atoms with Gasteiger partial charge in [-0.2, -0.15) is 0 Å². The fourth-order valence-corrected chi connectivity index (χ4v) is 3.18. The summed E-state index contributed by atoms with van der Waals surface area (Å²) in [4.78, 5) is 27.0. The molecular formula is C19H30ClN3O2. The van der Waals surface area contributed by atoms with Gasteiger partial charge < -0.3 is 15.5 Å². The van der Waals surface area contributed by atoms with Crippen LogP contribution in [0.2, 0.25) is 0 Å². The summed E-state index contributed by atoms with van der Waals surface area (Å²) in [5.41, 5.74) is 0.965. The first-order valence-electron chi connectivity index (χ1n) is 8.93. The van der Waals surface area contributed by atoms with Crippen molar-refractivity contribution in [3.63, 3.8) is 0 Å². The summed E-state index contributed by atoms with van der Waals surface area (Å²) in [6, 6.07) is 9.72. The Bertz CT molecular complexity index is 531. The average Bonchev–Trinajstić information content (AvgIpc) is 2.61. The maximum Gasteiger partial charge on any atom is 0.245 e. The summed E-state index contributed by atoms with van der Waals surface area (Å²) in [5.74, 6) is -0.0223. The lowest BCUT2D eigenvalue weighted by molar-refractivity contribution is -0.137. The van der Waals surface area contributed by atoms with Gasteiger partial charge in [-0.15, -0.1) is 12.4 Å². The van der Waals surface area contributed by atoms with E-state index in [0.717, 1.165) is 37.9 Å². The molecule has 6 heteroatoms. The van der Waals surface area contributed by atoms with Gasteiger partial charge >= 0.3 is 0 Å². The minimum absolute atomic E-state index is 0. The lowest BCUT2D eigenvalue weighted by Crippen LogP contribution is -2.52. The Balaban J connectivity index is 0.00000312. The second-order valence-electron chi connectivity index (χ2n) is 6.46. The highest BCUT2D eigenvalue weighted by Gasteiger charge is 2.28. The molecule has 1 aliphatic rings. The summed E-state index contributed by atoms with van der Waals surface area (Å²) < 4.78 is 0. The van der Waals surface area contributed by atoms with Crippen LogP contribution in [0.1, 0.15) is 38.2 Å². The zero-order valence-electron chi connectivity index (χ0n) is 15.2. The zero-order chi connectivity index (χ0) is 17.4. The third-order valence-electron chi connectivity index (χ3n) is 4.63. The van der Waals surface area contributed by atoms with Crippen LogP contribution in [0.25, 0.3) is 0 Å². The van der Waals surface area contributed by atoms with Gasteiger partial charge in [-0.1, -0.05) is 43.7 Å². The lowest BCUT2D eigenvalue weighted by atomic mass is 10.0. The number of hydrogen-bond donors (Lipinski definition) is 2. The van der Waals surface area contributed by atoms with Crippen molar-refractivity contribution in [2.45, 2.75) is 51.1 Å². The highest BCUT2D eigenvalue weighted by molar-refractivity contribution is 5.88. The van der Waals surface area contributed by atoms with Crippen molar-refractivity contribution in [1.29, 1.82) is 0 Å². The second kappa shape index (κ2) is 11.1. The second-order valence-corrected chi connectivity index (χ2v) is 6.46. The predicted molar refractivity (Wildman–Crippen MR) is 103 cm³/mol. The highest BCUT2D eigenvalue weighted by Crippen LogP contribution is 2.13. The molecule has 1 aliphatic heterocycles. The van der Waals surface area contributed by atoms with Crippen LogP contribution in [-0.2, 0) is 16.0 Å². The minimum atomic E-state index is -0.405. The maximum absolute atomic E-state index is 12.8. The molecule has 1 fully saturated rings. The van der Waals surface area contributed by atoms with Gasteiger partial charge in [0.25, 0.3) is 0 Å². The van der Waals surface area contributed by atoms with Gasteiger partial charge in [-0.05, 0) is 31.9 Å². The molecule has 0 bridgehead atoms. The monoisotopic (exact) mass is 367 g/mol. The van der Waals surface area contributed by atoms with Crippen LogP contribution >= 0.6 is 12.4 Å². The number of nitrogens with one attached hydrogen (secondary N) is 2. The number of benzene rings is 1. The molecule has 1 aromatic carbocycles. The third kappa shape index (κ3) is 6.67. The Morgan fingerprint density at radius 1 is 1.20 bits per heavy atom. The molecule has 0 aliphatic carbocycles. The Kier molecular flexibility index (Phi) is 9.53. The van der Waals surface area contributed by atoms with Crippen molar-refractivity contribution in [2.75, 3.05) is 20.1 Å². The number of likely N-dealkylation sites (tertiary alicyclic amines) is 1. The van der Waals surface area contributed by atoms with E-state index < -0.39 is 6.04 Å². The zero-order valence-corrected chi connectivity index (χ0v) is 16.0. The van der Waals surface area contributed by atoms with Gasteiger partial charge in [0.05, 0.1) is 6.42 Å². The van der Waals surface area contributed by atoms with Crippen molar-refractivity contribution >= 4 is 24.2 Å². The number of carbonyl (C=O) groups is 2. The van der Waals surface area contributed by atoms with Gasteiger partial charge in [-0.25, -0.2) is 0 Å². The van der Waals surface area contributed by atoms with E-state index >= 15 is 0 Å². The van der Waals surface area contributed by atoms with Gasteiger partial charge in [0.2, 0.25) is 11.8 Å². The first-order valence-corrected chi connectivity index (χ1v) is 8.93. The molecule has 0 aromatic heterocycles. The Labute approximate surface area is 157 Å². The molecule has 2 rings (SSSR count). The van der Waals surface area contributed by atoms with Crippen LogP contribution in [0.5, 0.6) is 0 Å². The van der Waals surface area contributed by atoms with E-state index in [0.29, 0.717) is 18.9 Å². The molecule has 0 spiro atoms. The predicted octanol–water partition coefficient (Wildman–Crippen LogP) is 2.15. The van der Waals surface area contributed by atoms with Crippen LogP contribution in [0.3, 0.4) is 0 Å². The Morgan fingerprint density at radius 3 is 2.40 bits per heavy atom. The van der Waals surface area contributed by atoms with Crippen LogP contribution in [-0.4, -0.2) is 48.9 Å². The number of rotatable bonds is 7. The Hall–Kier alpha value is -1.59. The molecule has 1 aromatic rings. The fraction of sp³-hybridized carbons (Fsp3) is 0.579. The van der Waals surface area contributed by atoms with E-state index in [9.17, 15) is 9.59 Å². The van der Waals surface area contributed by atoms with Crippen LogP contribution in [0.4, 0.5) is 0 Å². The van der Waals surface area contributed by atoms with Crippen LogP contribution in [0, 0.1) is 0 Å². The summed E-state index contributed by atoms with van der Waals surface area (Å²) in [5, 5.41) is 6.21. The summed E-state index contributed by atoms with van der Waals surface area (Å²) in [6.45, 7) is 3.56. The molecule has 1 atom stereocenters. The summed E-state index contributed by atoms with van der Waals surface area (Å²) in [6.07, 6.45) is 3.81. The number of carbonyl (C=O) groups excluding carboxylic acids is 2. The topological polar surface area (TPSA) is 61.4 Å². The van der Waals surface area contributed by atoms with Gasteiger partial charge in [0.15, 0.2) is 0 Å². The maximum atomic E-state index is 12.8.